The molecule has 0 bridgehead atoms. The van der Waals surface area contributed by atoms with Crippen LogP contribution in [0.25, 0.3) is 98.8 Å². The highest BCUT2D eigenvalue weighted by molar-refractivity contribution is 6.19. The summed E-state index contributed by atoms with van der Waals surface area (Å²) < 4.78 is 12.9. The second kappa shape index (κ2) is 13.4. The van der Waals surface area contributed by atoms with Crippen molar-refractivity contribution in [3.8, 4) is 33.4 Å². The Kier molecular flexibility index (Phi) is 7.54. The number of anilines is 3. The molecule has 2 aromatic heterocycles. The van der Waals surface area contributed by atoms with Gasteiger partial charge in [0.15, 0.2) is 0 Å². The van der Waals surface area contributed by atoms with Crippen LogP contribution >= 0.6 is 0 Å². The zero-order valence-corrected chi connectivity index (χ0v) is 32.0. The van der Waals surface area contributed by atoms with Crippen LogP contribution in [0.2, 0.25) is 0 Å². The standard InChI is InChI=1S/C56H35NO2/c1-3-15-45-38(10-1)12-8-18-46(45)40-24-22-36(23-25-40)37-26-30-43(31-27-37)57(51-19-9-21-54-55(51)49-32-28-39-11-2-4-16-47(39)56(49)59-54)44-14-7-13-41(34-44)42-29-33-53-50(35-42)48-17-5-6-20-52(48)58-53/h1-35H. The third kappa shape index (κ3) is 5.51. The zero-order chi connectivity index (χ0) is 38.9. The average Bonchev–Trinajstić information content (AvgIpc) is 3.88. The van der Waals surface area contributed by atoms with E-state index in [1.807, 2.05) is 12.1 Å². The molecule has 0 saturated heterocycles. The Labute approximate surface area is 340 Å². The number of nitrogens with zero attached hydrogens (tertiary/aromatic N) is 1. The van der Waals surface area contributed by atoms with Gasteiger partial charge in [0, 0.05) is 32.9 Å². The van der Waals surface area contributed by atoms with E-state index in [1.165, 1.54) is 27.5 Å². The highest BCUT2D eigenvalue weighted by Crippen LogP contribution is 2.45. The number of rotatable bonds is 6. The van der Waals surface area contributed by atoms with E-state index in [0.29, 0.717) is 0 Å². The van der Waals surface area contributed by atoms with E-state index in [0.717, 1.165) is 88.4 Å². The molecule has 0 N–H and O–H groups in total. The topological polar surface area (TPSA) is 29.5 Å². The number of para-hydroxylation sites is 1. The number of fused-ring (bicyclic) bond motifs is 9. The minimum atomic E-state index is 0.857. The summed E-state index contributed by atoms with van der Waals surface area (Å²) in [5.74, 6) is 0. The quantitative estimate of drug-likeness (QED) is 0.169. The van der Waals surface area contributed by atoms with Crippen LogP contribution in [-0.2, 0) is 0 Å². The van der Waals surface area contributed by atoms with Crippen molar-refractivity contribution in [2.45, 2.75) is 0 Å². The first-order valence-electron chi connectivity index (χ1n) is 20.1. The minimum absolute atomic E-state index is 0.857. The molecule has 0 atom stereocenters. The first-order chi connectivity index (χ1) is 29.2. The Morgan fingerprint density at radius 1 is 0.305 bits per heavy atom. The molecule has 0 radical (unpaired) electrons. The predicted octanol–water partition coefficient (Wildman–Crippen LogP) is 16.3. The van der Waals surface area contributed by atoms with E-state index in [9.17, 15) is 0 Å². The molecule has 12 rings (SSSR count). The summed E-state index contributed by atoms with van der Waals surface area (Å²) in [5, 5.41) is 9.19. The molecule has 0 aliphatic carbocycles. The van der Waals surface area contributed by atoms with Gasteiger partial charge in [-0.3, -0.25) is 0 Å². The maximum Gasteiger partial charge on any atom is 0.143 e. The molecule has 0 saturated carbocycles. The molecule has 3 nitrogen and oxygen atoms in total. The van der Waals surface area contributed by atoms with Crippen LogP contribution in [0.15, 0.2) is 221 Å². The van der Waals surface area contributed by atoms with E-state index >= 15 is 0 Å². The predicted molar refractivity (Wildman–Crippen MR) is 247 cm³/mol. The Bertz CT molecular complexity index is 3550. The maximum absolute atomic E-state index is 6.70. The Balaban J connectivity index is 0.990. The minimum Gasteiger partial charge on any atom is -0.456 e. The summed E-state index contributed by atoms with van der Waals surface area (Å²) >= 11 is 0. The fourth-order valence-corrected chi connectivity index (χ4v) is 9.00. The van der Waals surface area contributed by atoms with Gasteiger partial charge in [0.25, 0.3) is 0 Å². The molecule has 10 aromatic carbocycles. The van der Waals surface area contributed by atoms with Crippen molar-refractivity contribution in [3.05, 3.63) is 212 Å². The summed E-state index contributed by atoms with van der Waals surface area (Å²) in [4.78, 5) is 2.37. The Morgan fingerprint density at radius 2 is 0.915 bits per heavy atom. The highest BCUT2D eigenvalue weighted by Gasteiger charge is 2.21. The van der Waals surface area contributed by atoms with Gasteiger partial charge in [0.1, 0.15) is 22.3 Å². The molecule has 59 heavy (non-hydrogen) atoms. The smallest absolute Gasteiger partial charge is 0.143 e. The van der Waals surface area contributed by atoms with Crippen molar-refractivity contribution in [2.24, 2.45) is 0 Å². The lowest BCUT2D eigenvalue weighted by molar-refractivity contribution is 0.669. The molecule has 0 unspecified atom stereocenters. The molecule has 0 spiro atoms. The van der Waals surface area contributed by atoms with Gasteiger partial charge >= 0.3 is 0 Å². The van der Waals surface area contributed by atoms with Gasteiger partial charge in [-0.25, -0.2) is 0 Å². The fourth-order valence-electron chi connectivity index (χ4n) is 9.00. The van der Waals surface area contributed by atoms with Crippen LogP contribution in [0.5, 0.6) is 0 Å². The molecule has 0 aliphatic rings. The van der Waals surface area contributed by atoms with Crippen molar-refractivity contribution in [2.75, 3.05) is 4.90 Å². The van der Waals surface area contributed by atoms with Crippen LogP contribution in [-0.4, -0.2) is 0 Å². The lowest BCUT2D eigenvalue weighted by Gasteiger charge is -2.27. The highest BCUT2D eigenvalue weighted by atomic mass is 16.3. The number of hydrogen-bond acceptors (Lipinski definition) is 3. The Hall–Kier alpha value is -7.88. The molecular weight excluding hydrogens is 719 g/mol. The van der Waals surface area contributed by atoms with Crippen molar-refractivity contribution in [3.63, 3.8) is 0 Å². The maximum atomic E-state index is 6.70. The molecule has 276 valence electrons. The van der Waals surface area contributed by atoms with Gasteiger partial charge in [0.2, 0.25) is 0 Å². The second-order valence-electron chi connectivity index (χ2n) is 15.3. The monoisotopic (exact) mass is 753 g/mol. The van der Waals surface area contributed by atoms with Crippen LogP contribution in [0.1, 0.15) is 0 Å². The van der Waals surface area contributed by atoms with Crippen molar-refractivity contribution < 1.29 is 8.83 Å². The number of hydrogen-bond donors (Lipinski definition) is 0. The summed E-state index contributed by atoms with van der Waals surface area (Å²) in [5.41, 5.74) is 13.7. The first-order valence-corrected chi connectivity index (χ1v) is 20.1. The van der Waals surface area contributed by atoms with Gasteiger partial charge < -0.3 is 13.7 Å². The average molecular weight is 754 g/mol. The largest absolute Gasteiger partial charge is 0.456 e. The number of benzene rings is 10. The molecule has 0 fully saturated rings. The summed E-state index contributed by atoms with van der Waals surface area (Å²) in [7, 11) is 0. The molecular formula is C56H35NO2. The third-order valence-electron chi connectivity index (χ3n) is 11.9. The van der Waals surface area contributed by atoms with E-state index in [4.69, 9.17) is 8.83 Å². The van der Waals surface area contributed by atoms with Crippen LogP contribution in [0.4, 0.5) is 17.1 Å². The molecule has 3 heteroatoms. The molecule has 12 aromatic rings. The molecule has 0 aliphatic heterocycles. The van der Waals surface area contributed by atoms with E-state index in [1.54, 1.807) is 0 Å². The van der Waals surface area contributed by atoms with Gasteiger partial charge in [-0.05, 0) is 110 Å². The van der Waals surface area contributed by atoms with Crippen molar-refractivity contribution >= 4 is 82.5 Å². The van der Waals surface area contributed by atoms with Gasteiger partial charge in [-0.15, -0.1) is 0 Å². The van der Waals surface area contributed by atoms with Crippen LogP contribution in [0, 0.1) is 0 Å². The molecule has 0 amide bonds. The molecule has 2 heterocycles. The second-order valence-corrected chi connectivity index (χ2v) is 15.3. The number of furan rings is 2. The lowest BCUT2D eigenvalue weighted by atomic mass is 9.96. The van der Waals surface area contributed by atoms with E-state index in [-0.39, 0.29) is 0 Å². The third-order valence-corrected chi connectivity index (χ3v) is 11.9. The zero-order valence-electron chi connectivity index (χ0n) is 32.0. The van der Waals surface area contributed by atoms with Crippen LogP contribution < -0.4 is 4.90 Å². The summed E-state index contributed by atoms with van der Waals surface area (Å²) in [6.07, 6.45) is 0. The van der Waals surface area contributed by atoms with Gasteiger partial charge in [-0.1, -0.05) is 152 Å². The van der Waals surface area contributed by atoms with Crippen molar-refractivity contribution in [1.82, 2.24) is 0 Å². The van der Waals surface area contributed by atoms with E-state index in [2.05, 4.69) is 205 Å². The van der Waals surface area contributed by atoms with Gasteiger partial charge in [-0.2, -0.15) is 0 Å². The summed E-state index contributed by atoms with van der Waals surface area (Å²) in [6, 6.07) is 75.8. The SMILES string of the molecule is c1cc(-c2ccc3oc4ccccc4c3c2)cc(N(c2ccc(-c3ccc(-c4cccc5ccccc45)cc3)cc2)c2cccc3oc4c5ccccc5ccc4c23)c1. The normalized spacial score (nSPS) is 11.7. The summed E-state index contributed by atoms with van der Waals surface area (Å²) in [6.45, 7) is 0. The van der Waals surface area contributed by atoms with Crippen LogP contribution in [0.3, 0.4) is 0 Å². The Morgan fingerprint density at radius 3 is 1.76 bits per heavy atom. The van der Waals surface area contributed by atoms with Gasteiger partial charge in [0.05, 0.1) is 11.1 Å². The first kappa shape index (κ1) is 33.3. The fraction of sp³-hybridized carbons (Fsp3) is 0. The van der Waals surface area contributed by atoms with Crippen molar-refractivity contribution in [1.29, 1.82) is 0 Å². The lowest BCUT2D eigenvalue weighted by Crippen LogP contribution is -2.10. The van der Waals surface area contributed by atoms with E-state index < -0.39 is 0 Å².